The number of hydrogen-bond acceptors (Lipinski definition) is 4. The highest BCUT2D eigenvalue weighted by atomic mass is 31.2. The van der Waals surface area contributed by atoms with E-state index in [0.29, 0.717) is 6.42 Å². The van der Waals surface area contributed by atoms with Gasteiger partial charge in [0, 0.05) is 13.0 Å². The first-order chi connectivity index (χ1) is 12.3. The van der Waals surface area contributed by atoms with Crippen molar-refractivity contribution in [3.05, 3.63) is 12.2 Å². The van der Waals surface area contributed by atoms with Gasteiger partial charge in [0.2, 0.25) is 5.91 Å². The molecule has 0 saturated heterocycles. The molecule has 0 radical (unpaired) electrons. The van der Waals surface area contributed by atoms with E-state index in [9.17, 15) is 14.5 Å². The molecule has 1 unspecified atom stereocenters. The van der Waals surface area contributed by atoms with Crippen LogP contribution in [0.4, 0.5) is 0 Å². The summed E-state index contributed by atoms with van der Waals surface area (Å²) in [5, 5.41) is 12.0. The topological polar surface area (TPSA) is 116 Å². The van der Waals surface area contributed by atoms with Gasteiger partial charge in [-0.15, -0.1) is 0 Å². The Labute approximate surface area is 157 Å². The van der Waals surface area contributed by atoms with E-state index >= 15 is 0 Å². The highest BCUT2D eigenvalue weighted by molar-refractivity contribution is 7.46. The second-order valence-corrected chi connectivity index (χ2v) is 7.76. The number of carbonyl (C=O) groups excluding carboxylic acids is 1. The monoisotopic (exact) mass is 393 g/mol. The number of unbranched alkanes of at least 4 members (excludes halogenated alkanes) is 8. The highest BCUT2D eigenvalue weighted by Gasteiger charge is 2.17. The predicted octanol–water partition coefficient (Wildman–Crippen LogP) is 3.44. The lowest BCUT2D eigenvalue weighted by Crippen LogP contribution is -2.34. The third-order valence-corrected chi connectivity index (χ3v) is 4.37. The zero-order valence-electron chi connectivity index (χ0n) is 15.9. The molecule has 0 aromatic carbocycles. The van der Waals surface area contributed by atoms with Crippen molar-refractivity contribution in [2.45, 2.75) is 83.7 Å². The van der Waals surface area contributed by atoms with Gasteiger partial charge in [0.05, 0.1) is 12.7 Å². The highest BCUT2D eigenvalue weighted by Crippen LogP contribution is 2.35. The predicted molar refractivity (Wildman–Crippen MR) is 103 cm³/mol. The fraction of sp³-hybridized carbons (Fsp3) is 0.833. The number of carbonyl (C=O) groups is 1. The molecular formula is C18H36NO6P. The fourth-order valence-electron chi connectivity index (χ4n) is 2.37. The molecule has 0 saturated carbocycles. The van der Waals surface area contributed by atoms with Crippen molar-refractivity contribution in [3.63, 3.8) is 0 Å². The van der Waals surface area contributed by atoms with Crippen molar-refractivity contribution in [1.29, 1.82) is 0 Å². The molecule has 0 aromatic heterocycles. The van der Waals surface area contributed by atoms with Gasteiger partial charge < -0.3 is 20.2 Å². The van der Waals surface area contributed by atoms with Crippen LogP contribution < -0.4 is 5.32 Å². The maximum Gasteiger partial charge on any atom is 0.469 e. The number of rotatable bonds is 17. The standard InChI is InChI=1S/C18H36NO6P/c1-2-3-4-5-6-7-8-9-10-11-12-13-14-18(21)19-15-17(20)16-25-26(22,23)24/h5-6,17,20H,2-4,7-16H2,1H3,(H,19,21)(H2,22,23,24)/b6-5-. The summed E-state index contributed by atoms with van der Waals surface area (Å²) >= 11 is 0. The molecule has 4 N–H and O–H groups in total. The van der Waals surface area contributed by atoms with Gasteiger partial charge in [-0.05, 0) is 25.7 Å². The number of amides is 1. The summed E-state index contributed by atoms with van der Waals surface area (Å²) in [6, 6.07) is 0. The lowest BCUT2D eigenvalue weighted by atomic mass is 10.1. The minimum atomic E-state index is -4.59. The van der Waals surface area contributed by atoms with Crippen molar-refractivity contribution in [1.82, 2.24) is 5.32 Å². The van der Waals surface area contributed by atoms with E-state index in [-0.39, 0.29) is 12.5 Å². The third kappa shape index (κ3) is 19.6. The van der Waals surface area contributed by atoms with Crippen LogP contribution in [-0.2, 0) is 13.9 Å². The summed E-state index contributed by atoms with van der Waals surface area (Å²) in [5.74, 6) is -0.169. The molecule has 0 aliphatic carbocycles. The van der Waals surface area contributed by atoms with Gasteiger partial charge in [0.15, 0.2) is 0 Å². The van der Waals surface area contributed by atoms with Gasteiger partial charge in [-0.25, -0.2) is 4.57 Å². The molecule has 8 heteroatoms. The van der Waals surface area contributed by atoms with E-state index in [0.717, 1.165) is 25.7 Å². The Morgan fingerprint density at radius 2 is 1.62 bits per heavy atom. The van der Waals surface area contributed by atoms with Crippen LogP contribution in [0.5, 0.6) is 0 Å². The fourth-order valence-corrected chi connectivity index (χ4v) is 2.74. The van der Waals surface area contributed by atoms with Crippen molar-refractivity contribution < 1.29 is 28.8 Å². The lowest BCUT2D eigenvalue weighted by molar-refractivity contribution is -0.121. The Morgan fingerprint density at radius 3 is 2.23 bits per heavy atom. The van der Waals surface area contributed by atoms with Gasteiger partial charge in [-0.3, -0.25) is 9.32 Å². The van der Waals surface area contributed by atoms with Gasteiger partial charge >= 0.3 is 7.82 Å². The molecule has 0 fully saturated rings. The molecule has 154 valence electrons. The zero-order valence-corrected chi connectivity index (χ0v) is 16.8. The summed E-state index contributed by atoms with van der Waals surface area (Å²) in [5.41, 5.74) is 0. The minimum absolute atomic E-state index is 0.0788. The molecule has 7 nitrogen and oxygen atoms in total. The quantitative estimate of drug-likeness (QED) is 0.171. The van der Waals surface area contributed by atoms with E-state index in [1.54, 1.807) is 0 Å². The van der Waals surface area contributed by atoms with E-state index in [1.807, 2.05) is 0 Å². The van der Waals surface area contributed by atoms with Crippen LogP contribution in [0.15, 0.2) is 12.2 Å². The average molecular weight is 393 g/mol. The molecule has 0 bridgehead atoms. The largest absolute Gasteiger partial charge is 0.469 e. The number of phosphoric ester groups is 1. The van der Waals surface area contributed by atoms with E-state index in [1.165, 1.54) is 38.5 Å². The molecule has 0 spiro atoms. The van der Waals surface area contributed by atoms with Crippen LogP contribution in [0.25, 0.3) is 0 Å². The first-order valence-corrected chi connectivity index (χ1v) is 11.2. The van der Waals surface area contributed by atoms with Crippen LogP contribution in [0.1, 0.15) is 77.6 Å². The summed E-state index contributed by atoms with van der Waals surface area (Å²) < 4.78 is 14.6. The molecule has 0 aliphatic heterocycles. The van der Waals surface area contributed by atoms with Crippen molar-refractivity contribution in [2.24, 2.45) is 0 Å². The number of phosphoric acid groups is 1. The first kappa shape index (κ1) is 25.3. The molecule has 0 aromatic rings. The summed E-state index contributed by atoms with van der Waals surface area (Å²) in [4.78, 5) is 28.6. The SMILES string of the molecule is CCCC/C=C\CCCCCCCCC(=O)NCC(O)COP(=O)(O)O. The first-order valence-electron chi connectivity index (χ1n) is 9.65. The van der Waals surface area contributed by atoms with E-state index in [4.69, 9.17) is 9.79 Å². The summed E-state index contributed by atoms with van der Waals surface area (Å²) in [6.07, 6.45) is 15.2. The van der Waals surface area contributed by atoms with Crippen LogP contribution >= 0.6 is 7.82 Å². The molecule has 0 rings (SSSR count). The van der Waals surface area contributed by atoms with Gasteiger partial charge in [-0.1, -0.05) is 57.6 Å². The zero-order chi connectivity index (χ0) is 19.7. The van der Waals surface area contributed by atoms with Crippen molar-refractivity contribution in [2.75, 3.05) is 13.2 Å². The Morgan fingerprint density at radius 1 is 1.04 bits per heavy atom. The molecule has 1 atom stereocenters. The minimum Gasteiger partial charge on any atom is -0.389 e. The van der Waals surface area contributed by atoms with Crippen LogP contribution in [0.2, 0.25) is 0 Å². The average Bonchev–Trinajstić information content (AvgIpc) is 2.58. The maximum atomic E-state index is 11.6. The number of nitrogens with one attached hydrogen (secondary N) is 1. The third-order valence-electron chi connectivity index (χ3n) is 3.89. The smallest absolute Gasteiger partial charge is 0.389 e. The van der Waals surface area contributed by atoms with Crippen molar-refractivity contribution in [3.8, 4) is 0 Å². The van der Waals surface area contributed by atoms with Crippen LogP contribution in [0, 0.1) is 0 Å². The summed E-state index contributed by atoms with van der Waals surface area (Å²) in [7, 11) is -4.59. The Hall–Kier alpha value is -0.720. The second-order valence-electron chi connectivity index (χ2n) is 6.52. The lowest BCUT2D eigenvalue weighted by Gasteiger charge is -2.12. The van der Waals surface area contributed by atoms with Gasteiger partial charge in [0.1, 0.15) is 0 Å². The van der Waals surface area contributed by atoms with E-state index < -0.39 is 20.5 Å². The van der Waals surface area contributed by atoms with Gasteiger partial charge in [-0.2, -0.15) is 0 Å². The molecule has 1 amide bonds. The number of aliphatic hydroxyl groups is 1. The Bertz CT molecular complexity index is 424. The summed E-state index contributed by atoms with van der Waals surface area (Å²) in [6.45, 7) is 1.61. The maximum absolute atomic E-state index is 11.6. The number of hydrogen-bond donors (Lipinski definition) is 4. The number of allylic oxidation sites excluding steroid dienone is 2. The molecule has 26 heavy (non-hydrogen) atoms. The Kier molecular flexibility index (Phi) is 16.0. The van der Waals surface area contributed by atoms with Crippen LogP contribution in [-0.4, -0.2) is 40.1 Å². The van der Waals surface area contributed by atoms with Gasteiger partial charge in [0.25, 0.3) is 0 Å². The molecule has 0 heterocycles. The van der Waals surface area contributed by atoms with E-state index in [2.05, 4.69) is 28.9 Å². The molecular weight excluding hydrogens is 357 g/mol. The van der Waals surface area contributed by atoms with Crippen LogP contribution in [0.3, 0.4) is 0 Å². The number of aliphatic hydroxyl groups excluding tert-OH is 1. The van der Waals surface area contributed by atoms with Crippen molar-refractivity contribution >= 4 is 13.7 Å². The Balaban J connectivity index is 3.41. The second kappa shape index (κ2) is 16.5. The molecule has 0 aliphatic rings. The normalized spacial score (nSPS) is 13.2.